The standard InChI is InChI=1S/C11H19N5O/c1-4-5-8(2)16(3)11-9(10(12)15-17)13-6-7-14-11/h6-8,17H,4-5H2,1-3H3,(H2,12,15). The number of rotatable bonds is 5. The van der Waals surface area contributed by atoms with E-state index in [1.807, 2.05) is 11.9 Å². The molecule has 94 valence electrons. The van der Waals surface area contributed by atoms with E-state index < -0.39 is 0 Å². The third-order valence-corrected chi connectivity index (χ3v) is 2.73. The summed E-state index contributed by atoms with van der Waals surface area (Å²) < 4.78 is 0. The first-order valence-corrected chi connectivity index (χ1v) is 5.63. The molecule has 0 fully saturated rings. The van der Waals surface area contributed by atoms with Crippen LogP contribution in [0.1, 0.15) is 32.4 Å². The van der Waals surface area contributed by atoms with Crippen LogP contribution >= 0.6 is 0 Å². The monoisotopic (exact) mass is 237 g/mol. The number of nitrogens with two attached hydrogens (primary N) is 1. The van der Waals surface area contributed by atoms with Gasteiger partial charge >= 0.3 is 0 Å². The highest BCUT2D eigenvalue weighted by Gasteiger charge is 2.17. The molecule has 1 aromatic heterocycles. The molecule has 0 bridgehead atoms. The first kappa shape index (κ1) is 13.2. The van der Waals surface area contributed by atoms with Gasteiger partial charge in [-0.1, -0.05) is 18.5 Å². The lowest BCUT2D eigenvalue weighted by Gasteiger charge is -2.26. The minimum absolute atomic E-state index is 0.0244. The Labute approximate surface area is 101 Å². The van der Waals surface area contributed by atoms with Gasteiger partial charge in [0.2, 0.25) is 0 Å². The van der Waals surface area contributed by atoms with Gasteiger partial charge in [-0.3, -0.25) is 0 Å². The Bertz CT molecular complexity index is 393. The third-order valence-electron chi connectivity index (χ3n) is 2.73. The average molecular weight is 237 g/mol. The van der Waals surface area contributed by atoms with Crippen LogP contribution < -0.4 is 10.6 Å². The summed E-state index contributed by atoms with van der Waals surface area (Å²) in [6.45, 7) is 4.24. The fourth-order valence-electron chi connectivity index (χ4n) is 1.64. The predicted molar refractivity (Wildman–Crippen MR) is 67.3 cm³/mol. The number of aromatic nitrogens is 2. The summed E-state index contributed by atoms with van der Waals surface area (Å²) in [7, 11) is 1.93. The highest BCUT2D eigenvalue weighted by atomic mass is 16.4. The van der Waals surface area contributed by atoms with Gasteiger partial charge in [0.05, 0.1) is 0 Å². The summed E-state index contributed by atoms with van der Waals surface area (Å²) in [5, 5.41) is 11.7. The quantitative estimate of drug-likeness (QED) is 0.347. The van der Waals surface area contributed by atoms with Crippen molar-refractivity contribution < 1.29 is 5.21 Å². The van der Waals surface area contributed by atoms with Crippen LogP contribution in [-0.2, 0) is 0 Å². The third kappa shape index (κ3) is 3.05. The van der Waals surface area contributed by atoms with Crippen molar-refractivity contribution in [1.82, 2.24) is 9.97 Å². The van der Waals surface area contributed by atoms with E-state index in [0.717, 1.165) is 12.8 Å². The molecule has 0 aliphatic rings. The maximum absolute atomic E-state index is 8.71. The van der Waals surface area contributed by atoms with Gasteiger partial charge in [-0.15, -0.1) is 0 Å². The minimum atomic E-state index is -0.0244. The number of hydrogen-bond donors (Lipinski definition) is 2. The van der Waals surface area contributed by atoms with Gasteiger partial charge in [-0.2, -0.15) is 0 Å². The summed E-state index contributed by atoms with van der Waals surface area (Å²) in [6.07, 6.45) is 5.25. The topological polar surface area (TPSA) is 87.6 Å². The lowest BCUT2D eigenvalue weighted by atomic mass is 10.1. The van der Waals surface area contributed by atoms with E-state index >= 15 is 0 Å². The first-order chi connectivity index (χ1) is 8.11. The SMILES string of the molecule is CCCC(C)N(C)c1nccnc1C(N)=NO. The van der Waals surface area contributed by atoms with Crippen LogP contribution in [0.2, 0.25) is 0 Å². The molecule has 1 rings (SSSR count). The Hall–Kier alpha value is -1.85. The van der Waals surface area contributed by atoms with Gasteiger partial charge in [0.1, 0.15) is 0 Å². The van der Waals surface area contributed by atoms with Crippen LogP contribution in [0.25, 0.3) is 0 Å². The zero-order valence-electron chi connectivity index (χ0n) is 10.5. The van der Waals surface area contributed by atoms with Crippen LogP contribution in [0.15, 0.2) is 17.5 Å². The minimum Gasteiger partial charge on any atom is -0.409 e. The Morgan fingerprint density at radius 1 is 1.53 bits per heavy atom. The Morgan fingerprint density at radius 3 is 2.76 bits per heavy atom. The molecule has 0 aliphatic carbocycles. The molecule has 0 saturated carbocycles. The van der Waals surface area contributed by atoms with Gasteiger partial charge in [0.15, 0.2) is 17.3 Å². The van der Waals surface area contributed by atoms with E-state index in [0.29, 0.717) is 17.6 Å². The Kier molecular flexibility index (Phi) is 4.68. The molecule has 6 heteroatoms. The predicted octanol–water partition coefficient (Wildman–Crippen LogP) is 1.20. The van der Waals surface area contributed by atoms with E-state index in [4.69, 9.17) is 10.9 Å². The summed E-state index contributed by atoms with van der Waals surface area (Å²) in [4.78, 5) is 10.3. The molecule has 1 unspecified atom stereocenters. The molecule has 0 saturated heterocycles. The van der Waals surface area contributed by atoms with E-state index in [1.54, 1.807) is 6.20 Å². The summed E-state index contributed by atoms with van der Waals surface area (Å²) >= 11 is 0. The van der Waals surface area contributed by atoms with Crippen LogP contribution in [-0.4, -0.2) is 34.1 Å². The normalized spacial score (nSPS) is 13.5. The first-order valence-electron chi connectivity index (χ1n) is 5.63. The molecule has 0 aromatic carbocycles. The summed E-state index contributed by atoms with van der Waals surface area (Å²) in [6, 6.07) is 0.321. The van der Waals surface area contributed by atoms with Gasteiger partial charge < -0.3 is 15.8 Å². The maximum Gasteiger partial charge on any atom is 0.192 e. The van der Waals surface area contributed by atoms with Crippen LogP contribution in [0, 0.1) is 0 Å². The van der Waals surface area contributed by atoms with Crippen molar-refractivity contribution in [2.45, 2.75) is 32.7 Å². The Balaban J connectivity index is 3.04. The highest BCUT2D eigenvalue weighted by molar-refractivity contribution is 5.99. The fraction of sp³-hybridized carbons (Fsp3) is 0.545. The van der Waals surface area contributed by atoms with Crippen molar-refractivity contribution in [3.05, 3.63) is 18.1 Å². The molecule has 1 heterocycles. The number of nitrogens with zero attached hydrogens (tertiary/aromatic N) is 4. The van der Waals surface area contributed by atoms with E-state index in [-0.39, 0.29) is 5.84 Å². The second kappa shape index (κ2) is 6.03. The molecule has 0 amide bonds. The van der Waals surface area contributed by atoms with E-state index in [1.165, 1.54) is 6.20 Å². The van der Waals surface area contributed by atoms with Crippen molar-refractivity contribution >= 4 is 11.7 Å². The van der Waals surface area contributed by atoms with Gasteiger partial charge in [-0.05, 0) is 13.3 Å². The molecule has 0 aliphatic heterocycles. The fourth-order valence-corrected chi connectivity index (χ4v) is 1.64. The van der Waals surface area contributed by atoms with Crippen molar-refractivity contribution in [3.63, 3.8) is 0 Å². The number of amidine groups is 1. The molecule has 0 radical (unpaired) electrons. The van der Waals surface area contributed by atoms with Crippen molar-refractivity contribution in [2.24, 2.45) is 10.9 Å². The molecular weight excluding hydrogens is 218 g/mol. The molecule has 0 spiro atoms. The van der Waals surface area contributed by atoms with Crippen LogP contribution in [0.3, 0.4) is 0 Å². The smallest absolute Gasteiger partial charge is 0.192 e. The van der Waals surface area contributed by atoms with Gasteiger partial charge in [0.25, 0.3) is 0 Å². The number of anilines is 1. The average Bonchev–Trinajstić information content (AvgIpc) is 2.37. The molecular formula is C11H19N5O. The zero-order chi connectivity index (χ0) is 12.8. The van der Waals surface area contributed by atoms with Gasteiger partial charge in [-0.25, -0.2) is 9.97 Å². The summed E-state index contributed by atoms with van der Waals surface area (Å²) in [5.41, 5.74) is 5.98. The maximum atomic E-state index is 8.71. The van der Waals surface area contributed by atoms with Gasteiger partial charge in [0, 0.05) is 25.5 Å². The molecule has 6 nitrogen and oxygen atoms in total. The summed E-state index contributed by atoms with van der Waals surface area (Å²) in [5.74, 6) is 0.604. The lowest BCUT2D eigenvalue weighted by Crippen LogP contribution is -2.32. The van der Waals surface area contributed by atoms with Crippen molar-refractivity contribution in [3.8, 4) is 0 Å². The molecule has 1 atom stereocenters. The second-order valence-corrected chi connectivity index (χ2v) is 3.96. The van der Waals surface area contributed by atoms with Crippen LogP contribution in [0.5, 0.6) is 0 Å². The zero-order valence-corrected chi connectivity index (χ0v) is 10.5. The van der Waals surface area contributed by atoms with E-state index in [2.05, 4.69) is 29.0 Å². The number of hydrogen-bond acceptors (Lipinski definition) is 5. The number of oxime groups is 1. The van der Waals surface area contributed by atoms with Crippen molar-refractivity contribution in [1.29, 1.82) is 0 Å². The largest absolute Gasteiger partial charge is 0.409 e. The Morgan fingerprint density at radius 2 is 2.18 bits per heavy atom. The molecule has 1 aromatic rings. The molecule has 3 N–H and O–H groups in total. The van der Waals surface area contributed by atoms with Crippen molar-refractivity contribution in [2.75, 3.05) is 11.9 Å². The molecule has 17 heavy (non-hydrogen) atoms. The van der Waals surface area contributed by atoms with E-state index in [9.17, 15) is 0 Å². The second-order valence-electron chi connectivity index (χ2n) is 3.96. The van der Waals surface area contributed by atoms with Crippen LogP contribution in [0.4, 0.5) is 5.82 Å². The lowest BCUT2D eigenvalue weighted by molar-refractivity contribution is 0.318. The highest BCUT2D eigenvalue weighted by Crippen LogP contribution is 2.17.